The van der Waals surface area contributed by atoms with Gasteiger partial charge in [0.05, 0.1) is 26.3 Å². The molecule has 1 aliphatic rings. The third kappa shape index (κ3) is 6.60. The molecule has 0 fully saturated rings. The molecule has 1 aliphatic carbocycles. The smallest absolute Gasteiger partial charge is 0.410 e. The molecule has 206 valence electrons. The topological polar surface area (TPSA) is 86.3 Å². The van der Waals surface area contributed by atoms with Crippen molar-refractivity contribution < 1.29 is 28.5 Å². The second-order valence-electron chi connectivity index (χ2n) is 8.86. The Kier molecular flexibility index (Phi) is 9.96. The van der Waals surface area contributed by atoms with E-state index in [4.69, 9.17) is 18.9 Å². The molecule has 1 atom stereocenters. The van der Waals surface area contributed by atoms with E-state index in [2.05, 4.69) is 38.0 Å². The average molecular weight is 569 g/mol. The second-order valence-corrected chi connectivity index (χ2v) is 10.6. The minimum absolute atomic E-state index is 0.0277. The van der Waals surface area contributed by atoms with E-state index in [-0.39, 0.29) is 31.6 Å². The number of methoxy groups -OCH3 is 2. The van der Waals surface area contributed by atoms with Crippen molar-refractivity contribution >= 4 is 31.8 Å². The number of carbonyl (C=O) groups is 2. The first-order chi connectivity index (χ1) is 19.0. The first kappa shape index (κ1) is 28.6. The third-order valence-corrected chi connectivity index (χ3v) is 7.78. The van der Waals surface area contributed by atoms with Gasteiger partial charge in [0.1, 0.15) is 23.9 Å². The molecule has 0 saturated carbocycles. The van der Waals surface area contributed by atoms with E-state index >= 15 is 0 Å². The molecule has 3 aromatic rings. The fourth-order valence-electron chi connectivity index (χ4n) is 4.69. The number of carbonyl (C=O) groups excluding carboxylic acids is 2. The highest BCUT2D eigenvalue weighted by atomic mass is 32.7. The van der Waals surface area contributed by atoms with Gasteiger partial charge in [-0.25, -0.2) is 4.79 Å². The van der Waals surface area contributed by atoms with Crippen molar-refractivity contribution in [1.29, 1.82) is 0 Å². The summed E-state index contributed by atoms with van der Waals surface area (Å²) in [6, 6.07) is 19.9. The summed E-state index contributed by atoms with van der Waals surface area (Å²) >= 11 is 1.56. The van der Waals surface area contributed by atoms with E-state index < -0.39 is 6.09 Å². The summed E-state index contributed by atoms with van der Waals surface area (Å²) < 4.78 is 22.8. The zero-order valence-electron chi connectivity index (χ0n) is 22.3. The summed E-state index contributed by atoms with van der Waals surface area (Å²) in [5.74, 6) is 1.80. The van der Waals surface area contributed by atoms with Crippen LogP contribution in [0, 0.1) is 0 Å². The standard InChI is InChI=1S/C29H33N2O6PS/c1-30-28(32)18-36-19-14-26(34-2)24(27(15-19)35-3)16-31(12-13-39-38)29(33)37-17-25-22-10-6-4-8-20(22)21-9-5-7-11-23(21)25/h4-11,14-15,25H,12-13,16-18,38H2,1-3H3,(H,30,32). The van der Waals surface area contributed by atoms with Crippen molar-refractivity contribution in [3.05, 3.63) is 77.4 Å². The highest BCUT2D eigenvalue weighted by Crippen LogP contribution is 2.44. The third-order valence-electron chi connectivity index (χ3n) is 6.65. The number of hydrogen-bond acceptors (Lipinski definition) is 7. The van der Waals surface area contributed by atoms with Crippen molar-refractivity contribution in [2.45, 2.75) is 12.5 Å². The first-order valence-corrected chi connectivity index (χ1v) is 15.0. The maximum absolute atomic E-state index is 13.4. The highest BCUT2D eigenvalue weighted by Gasteiger charge is 2.30. The lowest BCUT2D eigenvalue weighted by Gasteiger charge is -2.25. The molecule has 2 amide bonds. The monoisotopic (exact) mass is 568 g/mol. The van der Waals surface area contributed by atoms with Crippen molar-refractivity contribution in [3.8, 4) is 28.4 Å². The molecule has 0 aliphatic heterocycles. The van der Waals surface area contributed by atoms with Gasteiger partial charge in [-0.1, -0.05) is 57.0 Å². The lowest BCUT2D eigenvalue weighted by molar-refractivity contribution is -0.122. The molecular formula is C29H33N2O6PS. The zero-order chi connectivity index (χ0) is 27.8. The maximum atomic E-state index is 13.4. The van der Waals surface area contributed by atoms with Crippen LogP contribution in [0.3, 0.4) is 0 Å². The summed E-state index contributed by atoms with van der Waals surface area (Å²) in [4.78, 5) is 26.7. The molecule has 0 bridgehead atoms. The van der Waals surface area contributed by atoms with Crippen molar-refractivity contribution in [2.24, 2.45) is 0 Å². The van der Waals surface area contributed by atoms with Crippen LogP contribution in [0.1, 0.15) is 22.6 Å². The molecule has 10 heteroatoms. The fourth-order valence-corrected chi connectivity index (χ4v) is 5.34. The molecule has 0 heterocycles. The molecule has 0 aromatic heterocycles. The summed E-state index contributed by atoms with van der Waals surface area (Å²) in [7, 11) is 7.23. The SMILES string of the molecule is CNC(=O)COc1cc(OC)c(CN(CCSP)C(=O)OCC2c3ccccc3-c3ccccc32)c(OC)c1. The van der Waals surface area contributed by atoms with Crippen LogP contribution >= 0.6 is 19.8 Å². The highest BCUT2D eigenvalue weighted by molar-refractivity contribution is 8.43. The van der Waals surface area contributed by atoms with Gasteiger partial charge in [0.2, 0.25) is 0 Å². The lowest BCUT2D eigenvalue weighted by Crippen LogP contribution is -2.34. The van der Waals surface area contributed by atoms with Crippen LogP contribution in [0.2, 0.25) is 0 Å². The van der Waals surface area contributed by atoms with Crippen LogP contribution in [-0.2, 0) is 16.1 Å². The van der Waals surface area contributed by atoms with Crippen LogP contribution in [-0.4, -0.2) is 63.7 Å². The van der Waals surface area contributed by atoms with Crippen LogP contribution < -0.4 is 19.5 Å². The second kappa shape index (κ2) is 13.6. The molecule has 0 spiro atoms. The largest absolute Gasteiger partial charge is 0.496 e. The van der Waals surface area contributed by atoms with E-state index in [1.165, 1.54) is 25.3 Å². The van der Waals surface area contributed by atoms with E-state index in [0.29, 0.717) is 35.1 Å². The molecule has 1 N–H and O–H groups in total. The fraction of sp³-hybridized carbons (Fsp3) is 0.310. The predicted octanol–water partition coefficient (Wildman–Crippen LogP) is 5.10. The van der Waals surface area contributed by atoms with Crippen molar-refractivity contribution in [3.63, 3.8) is 0 Å². The molecule has 4 rings (SSSR count). The van der Waals surface area contributed by atoms with Crippen molar-refractivity contribution in [1.82, 2.24) is 10.2 Å². The summed E-state index contributed by atoms with van der Waals surface area (Å²) in [6.45, 7) is 0.771. The Hall–Kier alpha value is -3.42. The molecular weight excluding hydrogens is 535 g/mol. The van der Waals surface area contributed by atoms with Gasteiger partial charge in [0, 0.05) is 37.4 Å². The number of fused-ring (bicyclic) bond motifs is 3. The predicted molar refractivity (Wildman–Crippen MR) is 157 cm³/mol. The average Bonchev–Trinajstić information content (AvgIpc) is 3.30. The number of benzene rings is 3. The Bertz CT molecular complexity index is 1250. The number of nitrogens with zero attached hydrogens (tertiary/aromatic N) is 1. The normalized spacial score (nSPS) is 11.8. The van der Waals surface area contributed by atoms with E-state index in [0.717, 1.165) is 11.1 Å². The Morgan fingerprint density at radius 1 is 0.974 bits per heavy atom. The minimum Gasteiger partial charge on any atom is -0.496 e. The molecule has 0 radical (unpaired) electrons. The summed E-state index contributed by atoms with van der Waals surface area (Å²) in [5.41, 5.74) is 5.36. The van der Waals surface area contributed by atoms with Gasteiger partial charge in [-0.05, 0) is 22.3 Å². The maximum Gasteiger partial charge on any atom is 0.410 e. The van der Waals surface area contributed by atoms with Gasteiger partial charge in [-0.15, -0.1) is 11.4 Å². The van der Waals surface area contributed by atoms with Gasteiger partial charge in [-0.2, -0.15) is 0 Å². The Morgan fingerprint density at radius 2 is 1.56 bits per heavy atom. The minimum atomic E-state index is -0.417. The number of nitrogens with one attached hydrogen (secondary N) is 1. The van der Waals surface area contributed by atoms with Gasteiger partial charge in [0.25, 0.3) is 5.91 Å². The van der Waals surface area contributed by atoms with Crippen LogP contribution in [0.15, 0.2) is 60.7 Å². The van der Waals surface area contributed by atoms with Crippen LogP contribution in [0.5, 0.6) is 17.2 Å². The van der Waals surface area contributed by atoms with Gasteiger partial charge in [-0.3, -0.25) is 4.79 Å². The molecule has 39 heavy (non-hydrogen) atoms. The molecule has 3 aromatic carbocycles. The van der Waals surface area contributed by atoms with Gasteiger partial charge in [0.15, 0.2) is 6.61 Å². The van der Waals surface area contributed by atoms with Gasteiger partial charge < -0.3 is 29.2 Å². The molecule has 1 unspecified atom stereocenters. The summed E-state index contributed by atoms with van der Waals surface area (Å²) in [6.07, 6.45) is -0.417. The Balaban J connectivity index is 1.53. The molecule has 0 saturated heterocycles. The van der Waals surface area contributed by atoms with Gasteiger partial charge >= 0.3 is 6.09 Å². The first-order valence-electron chi connectivity index (χ1n) is 12.5. The van der Waals surface area contributed by atoms with E-state index in [1.54, 1.807) is 35.5 Å². The van der Waals surface area contributed by atoms with E-state index in [9.17, 15) is 9.59 Å². The Labute approximate surface area is 235 Å². The number of ether oxygens (including phenoxy) is 4. The number of hydrogen-bond donors (Lipinski definition) is 1. The lowest BCUT2D eigenvalue weighted by atomic mass is 9.98. The zero-order valence-corrected chi connectivity index (χ0v) is 24.2. The summed E-state index contributed by atoms with van der Waals surface area (Å²) in [5, 5.41) is 2.52. The number of likely N-dealkylation sites (N-methyl/N-ethyl adjacent to an activating group) is 1. The van der Waals surface area contributed by atoms with E-state index in [1.807, 2.05) is 24.3 Å². The Morgan fingerprint density at radius 3 is 2.10 bits per heavy atom. The quantitative estimate of drug-likeness (QED) is 0.304. The number of amides is 2. The van der Waals surface area contributed by atoms with Crippen LogP contribution in [0.4, 0.5) is 4.79 Å². The number of rotatable bonds is 12. The molecule has 8 nitrogen and oxygen atoms in total. The van der Waals surface area contributed by atoms with Crippen LogP contribution in [0.25, 0.3) is 11.1 Å². The van der Waals surface area contributed by atoms with Crippen molar-refractivity contribution in [2.75, 3.05) is 46.8 Å².